The molecule has 0 amide bonds. The molecule has 1 aliphatic rings. The second kappa shape index (κ2) is 11.9. The van der Waals surface area contributed by atoms with E-state index in [9.17, 15) is 5.11 Å². The summed E-state index contributed by atoms with van der Waals surface area (Å²) in [6.07, 6.45) is -0.562. The van der Waals surface area contributed by atoms with Crippen LogP contribution in [-0.2, 0) is 27.4 Å². The Morgan fingerprint density at radius 2 is 1.56 bits per heavy atom. The monoisotopic (exact) mass is 648 g/mol. The molecule has 4 atom stereocenters. The molecule has 39 heavy (non-hydrogen) atoms. The lowest BCUT2D eigenvalue weighted by atomic mass is 9.96. The molecule has 2 aromatic heterocycles. The number of hydrogen-bond acceptors (Lipinski definition) is 5. The molecule has 3 heterocycles. The second-order valence-corrected chi connectivity index (χ2v) is 11.8. The number of aromatic nitrogens is 2. The first-order valence-electron chi connectivity index (χ1n) is 11.8. The van der Waals surface area contributed by atoms with Gasteiger partial charge in [-0.1, -0.05) is 81.7 Å². The Bertz CT molecular complexity index is 1510. The van der Waals surface area contributed by atoms with Crippen molar-refractivity contribution in [3.05, 3.63) is 96.3 Å². The molecule has 1 N–H and O–H groups in total. The predicted molar refractivity (Wildman–Crippen MR) is 155 cm³/mol. The molecule has 0 aliphatic carbocycles. The number of fused-ring (bicyclic) bond motifs is 1. The van der Waals surface area contributed by atoms with E-state index in [2.05, 4.69) is 4.98 Å². The summed E-state index contributed by atoms with van der Waals surface area (Å²) >= 11 is 37.2. The molecule has 0 bridgehead atoms. The van der Waals surface area contributed by atoms with Crippen LogP contribution in [0.3, 0.4) is 0 Å². The maximum atomic E-state index is 11.8. The number of pyridine rings is 1. The minimum Gasteiger partial charge on any atom is -0.383 e. The van der Waals surface area contributed by atoms with Crippen molar-refractivity contribution in [1.82, 2.24) is 9.55 Å². The van der Waals surface area contributed by atoms with Crippen molar-refractivity contribution >= 4 is 80.5 Å². The molecule has 12 heteroatoms. The van der Waals surface area contributed by atoms with Gasteiger partial charge in [-0.2, -0.15) is 0 Å². The Labute approximate surface area is 255 Å². The second-order valence-electron chi connectivity index (χ2n) is 9.36. The smallest absolute Gasteiger partial charge is 0.165 e. The summed E-state index contributed by atoms with van der Waals surface area (Å²) in [5.74, 6) is 0. The quantitative estimate of drug-likeness (QED) is 0.194. The lowest BCUT2D eigenvalue weighted by Gasteiger charge is -2.31. The van der Waals surface area contributed by atoms with Gasteiger partial charge in [0.15, 0.2) is 6.23 Å². The van der Waals surface area contributed by atoms with Gasteiger partial charge in [-0.05, 0) is 54.4 Å². The number of nitrogens with zero attached hydrogens (tertiary/aromatic N) is 2. The average Bonchev–Trinajstić information content (AvgIpc) is 3.38. The molecule has 1 unspecified atom stereocenters. The Morgan fingerprint density at radius 3 is 2.21 bits per heavy atom. The van der Waals surface area contributed by atoms with E-state index in [0.29, 0.717) is 36.6 Å². The van der Waals surface area contributed by atoms with E-state index in [1.807, 2.05) is 0 Å². The first kappa shape index (κ1) is 29.2. The van der Waals surface area contributed by atoms with Crippen molar-refractivity contribution in [2.45, 2.75) is 44.2 Å². The molecule has 4 aromatic rings. The van der Waals surface area contributed by atoms with Gasteiger partial charge in [0.05, 0.1) is 25.3 Å². The molecular formula is C27H22Cl6N2O4. The number of ether oxygens (including phenoxy) is 3. The standard InChI is InChI=1S/C27H22Cl6N2O4/c1-27(36)24(38-12-15-3-5-17(29)9-20(15)31)22(13-37-11-14-2-4-16(28)8-19(14)30)39-26(27)35-7-6-18-21(35)10-23(32)34-25(18)33/h2-10,22,24,26,36H,11-13H2,1H3/t22-,24-,26?,27-/m1/s1. The van der Waals surface area contributed by atoms with E-state index in [1.54, 1.807) is 66.2 Å². The summed E-state index contributed by atoms with van der Waals surface area (Å²) in [5, 5.41) is 15.0. The van der Waals surface area contributed by atoms with Crippen molar-refractivity contribution in [1.29, 1.82) is 0 Å². The first-order valence-corrected chi connectivity index (χ1v) is 14.1. The van der Waals surface area contributed by atoms with Gasteiger partial charge in [-0.15, -0.1) is 0 Å². The van der Waals surface area contributed by atoms with E-state index >= 15 is 0 Å². The Hall–Kier alpha value is -1.29. The van der Waals surface area contributed by atoms with E-state index < -0.39 is 24.0 Å². The Kier molecular flexibility index (Phi) is 8.92. The number of benzene rings is 2. The third-order valence-corrected chi connectivity index (χ3v) is 8.25. The van der Waals surface area contributed by atoms with Crippen molar-refractivity contribution in [3.63, 3.8) is 0 Å². The van der Waals surface area contributed by atoms with Crippen LogP contribution >= 0.6 is 69.6 Å². The minimum atomic E-state index is -1.50. The summed E-state index contributed by atoms with van der Waals surface area (Å²) in [4.78, 5) is 4.10. The molecule has 0 spiro atoms. The molecule has 1 saturated heterocycles. The molecule has 0 saturated carbocycles. The van der Waals surface area contributed by atoms with E-state index in [4.69, 9.17) is 83.8 Å². The largest absolute Gasteiger partial charge is 0.383 e. The zero-order chi connectivity index (χ0) is 27.9. The summed E-state index contributed by atoms with van der Waals surface area (Å²) in [6, 6.07) is 13.8. The van der Waals surface area contributed by atoms with Crippen LogP contribution < -0.4 is 0 Å². The van der Waals surface area contributed by atoms with E-state index in [1.165, 1.54) is 0 Å². The maximum absolute atomic E-state index is 11.8. The molecule has 1 aliphatic heterocycles. The van der Waals surface area contributed by atoms with Crippen LogP contribution in [-0.4, -0.2) is 39.1 Å². The molecule has 2 aromatic carbocycles. The number of rotatable bonds is 8. The molecule has 0 radical (unpaired) electrons. The van der Waals surface area contributed by atoms with Gasteiger partial charge >= 0.3 is 0 Å². The number of hydrogen-bond donors (Lipinski definition) is 1. The lowest BCUT2D eigenvalue weighted by Crippen LogP contribution is -2.46. The third kappa shape index (κ3) is 6.16. The zero-order valence-electron chi connectivity index (χ0n) is 20.4. The third-order valence-electron chi connectivity index (χ3n) is 6.60. The van der Waals surface area contributed by atoms with E-state index in [-0.39, 0.29) is 30.1 Å². The van der Waals surface area contributed by atoms with Gasteiger partial charge in [0.1, 0.15) is 28.1 Å². The fourth-order valence-electron chi connectivity index (χ4n) is 4.67. The Balaban J connectivity index is 1.42. The van der Waals surface area contributed by atoms with Crippen LogP contribution in [0, 0.1) is 0 Å². The molecular weight excluding hydrogens is 629 g/mol. The highest BCUT2D eigenvalue weighted by atomic mass is 35.5. The Morgan fingerprint density at radius 1 is 0.923 bits per heavy atom. The van der Waals surface area contributed by atoms with Gasteiger partial charge < -0.3 is 23.9 Å². The fraction of sp³-hybridized carbons (Fsp3) is 0.296. The van der Waals surface area contributed by atoms with Crippen LogP contribution in [0.2, 0.25) is 30.4 Å². The summed E-state index contributed by atoms with van der Waals surface area (Å²) < 4.78 is 20.4. The number of aliphatic hydroxyl groups is 1. The maximum Gasteiger partial charge on any atom is 0.165 e. The van der Waals surface area contributed by atoms with Gasteiger partial charge in [-0.25, -0.2) is 4.98 Å². The van der Waals surface area contributed by atoms with Gasteiger partial charge in [0, 0.05) is 31.7 Å². The first-order chi connectivity index (χ1) is 18.5. The predicted octanol–water partition coefficient (Wildman–Crippen LogP) is 8.41. The van der Waals surface area contributed by atoms with Crippen LogP contribution in [0.25, 0.3) is 10.9 Å². The molecule has 206 valence electrons. The fourth-order valence-corrected chi connectivity index (χ4v) is 6.08. The van der Waals surface area contributed by atoms with Crippen LogP contribution in [0.4, 0.5) is 0 Å². The zero-order valence-corrected chi connectivity index (χ0v) is 24.9. The van der Waals surface area contributed by atoms with Gasteiger partial charge in [0.25, 0.3) is 0 Å². The van der Waals surface area contributed by atoms with E-state index in [0.717, 1.165) is 5.56 Å². The SMILES string of the molecule is C[C@]1(O)C(n2ccc3c(Cl)nc(Cl)cc32)O[C@H](COCc2ccc(Cl)cc2Cl)[C@H]1OCc1ccc(Cl)cc1Cl. The van der Waals surface area contributed by atoms with Crippen molar-refractivity contribution in [3.8, 4) is 0 Å². The van der Waals surface area contributed by atoms with Crippen LogP contribution in [0.15, 0.2) is 54.7 Å². The van der Waals surface area contributed by atoms with Crippen molar-refractivity contribution < 1.29 is 19.3 Å². The summed E-state index contributed by atoms with van der Waals surface area (Å²) in [6.45, 7) is 2.08. The number of halogens is 6. The van der Waals surface area contributed by atoms with Crippen LogP contribution in [0.1, 0.15) is 24.3 Å². The van der Waals surface area contributed by atoms with Gasteiger partial charge in [0.2, 0.25) is 0 Å². The highest BCUT2D eigenvalue weighted by molar-refractivity contribution is 6.36. The van der Waals surface area contributed by atoms with Gasteiger partial charge in [-0.3, -0.25) is 0 Å². The normalized spacial score (nSPS) is 23.1. The highest BCUT2D eigenvalue weighted by Gasteiger charge is 2.54. The highest BCUT2D eigenvalue weighted by Crippen LogP contribution is 2.43. The topological polar surface area (TPSA) is 65.7 Å². The molecule has 5 rings (SSSR count). The summed E-state index contributed by atoms with van der Waals surface area (Å²) in [7, 11) is 0. The summed E-state index contributed by atoms with van der Waals surface area (Å²) in [5.41, 5.74) is 0.628. The van der Waals surface area contributed by atoms with Crippen molar-refractivity contribution in [2.75, 3.05) is 6.61 Å². The molecule has 6 nitrogen and oxygen atoms in total. The minimum absolute atomic E-state index is 0.104. The molecule has 1 fully saturated rings. The van der Waals surface area contributed by atoms with Crippen LogP contribution in [0.5, 0.6) is 0 Å². The van der Waals surface area contributed by atoms with Crippen molar-refractivity contribution in [2.24, 2.45) is 0 Å². The lowest BCUT2D eigenvalue weighted by molar-refractivity contribution is -0.113. The average molecular weight is 651 g/mol.